The number of nitrogens with one attached hydrogen (secondary N) is 1. The van der Waals surface area contributed by atoms with Crippen LogP contribution in [0.4, 0.5) is 0 Å². The van der Waals surface area contributed by atoms with Crippen LogP contribution in [0, 0.1) is 0 Å². The highest BCUT2D eigenvalue weighted by molar-refractivity contribution is 5.63. The molecule has 1 N–H and O–H groups in total. The summed E-state index contributed by atoms with van der Waals surface area (Å²) in [5, 5.41) is 7.40. The molecule has 6 heteroatoms. The van der Waals surface area contributed by atoms with Gasteiger partial charge in [0.15, 0.2) is 0 Å². The first-order chi connectivity index (χ1) is 10.3. The van der Waals surface area contributed by atoms with Crippen LogP contribution in [0.15, 0.2) is 28.8 Å². The minimum atomic E-state index is 0.0513. The summed E-state index contributed by atoms with van der Waals surface area (Å²) in [5.74, 6) is 1.91. The van der Waals surface area contributed by atoms with Gasteiger partial charge in [-0.05, 0) is 25.5 Å². The highest BCUT2D eigenvalue weighted by atomic mass is 16.5. The Balaban J connectivity index is 1.82. The van der Waals surface area contributed by atoms with Crippen LogP contribution in [-0.4, -0.2) is 36.5 Å². The van der Waals surface area contributed by atoms with Crippen molar-refractivity contribution in [2.24, 2.45) is 0 Å². The van der Waals surface area contributed by atoms with Crippen LogP contribution in [0.2, 0.25) is 0 Å². The Morgan fingerprint density at radius 1 is 1.38 bits per heavy atom. The standard InChI is InChI=1S/C15H19N3O3/c1-3-20-13-7-5-4-6-11(13)14-17-15(21-18-14)12-8-10(19-2)9-16-12/h4-7,10,12,16H,3,8-9H2,1-2H3/t10-,12+/m0/s1. The van der Waals surface area contributed by atoms with Gasteiger partial charge in [-0.1, -0.05) is 17.3 Å². The number of aromatic nitrogens is 2. The van der Waals surface area contributed by atoms with E-state index in [9.17, 15) is 0 Å². The first-order valence-corrected chi connectivity index (χ1v) is 7.13. The second kappa shape index (κ2) is 6.24. The Hall–Kier alpha value is -1.92. The Morgan fingerprint density at radius 3 is 3.00 bits per heavy atom. The van der Waals surface area contributed by atoms with Crippen molar-refractivity contribution in [3.05, 3.63) is 30.2 Å². The van der Waals surface area contributed by atoms with Gasteiger partial charge in [0.25, 0.3) is 0 Å². The van der Waals surface area contributed by atoms with Gasteiger partial charge in [-0.3, -0.25) is 0 Å². The number of para-hydroxylation sites is 1. The third kappa shape index (κ3) is 2.91. The number of nitrogens with zero attached hydrogens (tertiary/aromatic N) is 2. The summed E-state index contributed by atoms with van der Waals surface area (Å²) in [6.45, 7) is 3.35. The molecule has 0 radical (unpaired) electrons. The SMILES string of the molecule is CCOc1ccccc1-c1noc([C@H]2C[C@H](OC)CN2)n1. The minimum Gasteiger partial charge on any atom is -0.493 e. The van der Waals surface area contributed by atoms with E-state index in [4.69, 9.17) is 14.0 Å². The molecule has 1 saturated heterocycles. The van der Waals surface area contributed by atoms with Crippen LogP contribution >= 0.6 is 0 Å². The molecule has 0 unspecified atom stereocenters. The van der Waals surface area contributed by atoms with Crippen LogP contribution in [0.25, 0.3) is 11.4 Å². The molecule has 1 aromatic carbocycles. The summed E-state index contributed by atoms with van der Waals surface area (Å²) < 4.78 is 16.3. The van der Waals surface area contributed by atoms with E-state index in [1.807, 2.05) is 31.2 Å². The second-order valence-electron chi connectivity index (χ2n) is 4.94. The van der Waals surface area contributed by atoms with Gasteiger partial charge in [0.05, 0.1) is 24.3 Å². The van der Waals surface area contributed by atoms with Gasteiger partial charge in [-0.15, -0.1) is 0 Å². The van der Waals surface area contributed by atoms with Crippen LogP contribution < -0.4 is 10.1 Å². The largest absolute Gasteiger partial charge is 0.493 e. The maximum Gasteiger partial charge on any atom is 0.244 e. The Morgan fingerprint density at radius 2 is 2.24 bits per heavy atom. The predicted octanol–water partition coefficient (Wildman–Crippen LogP) is 2.18. The zero-order chi connectivity index (χ0) is 14.7. The molecule has 0 bridgehead atoms. The molecule has 0 aliphatic carbocycles. The molecule has 1 aliphatic rings. The Labute approximate surface area is 123 Å². The topological polar surface area (TPSA) is 69.4 Å². The number of hydrogen-bond donors (Lipinski definition) is 1. The molecular formula is C15H19N3O3. The first kappa shape index (κ1) is 14.0. The maximum atomic E-state index is 5.60. The molecule has 21 heavy (non-hydrogen) atoms. The van der Waals surface area contributed by atoms with Gasteiger partial charge in [-0.2, -0.15) is 4.98 Å². The summed E-state index contributed by atoms with van der Waals surface area (Å²) in [6.07, 6.45) is 1.03. The average molecular weight is 289 g/mol. The van der Waals surface area contributed by atoms with Crippen molar-refractivity contribution in [2.45, 2.75) is 25.5 Å². The molecule has 0 amide bonds. The fraction of sp³-hybridized carbons (Fsp3) is 0.467. The Kier molecular flexibility index (Phi) is 4.17. The third-order valence-electron chi connectivity index (χ3n) is 3.59. The van der Waals surface area contributed by atoms with Gasteiger partial charge in [0.2, 0.25) is 11.7 Å². The maximum absolute atomic E-state index is 5.60. The fourth-order valence-corrected chi connectivity index (χ4v) is 2.49. The molecule has 2 heterocycles. The number of hydrogen-bond acceptors (Lipinski definition) is 6. The normalized spacial score (nSPS) is 21.6. The molecule has 0 spiro atoms. The molecule has 112 valence electrons. The van der Waals surface area contributed by atoms with Crippen molar-refractivity contribution in [3.8, 4) is 17.1 Å². The molecule has 1 aliphatic heterocycles. The lowest BCUT2D eigenvalue weighted by atomic mass is 10.2. The van der Waals surface area contributed by atoms with Crippen molar-refractivity contribution in [2.75, 3.05) is 20.3 Å². The first-order valence-electron chi connectivity index (χ1n) is 7.13. The smallest absolute Gasteiger partial charge is 0.244 e. The quantitative estimate of drug-likeness (QED) is 0.910. The summed E-state index contributed by atoms with van der Waals surface area (Å²) in [5.41, 5.74) is 0.843. The predicted molar refractivity (Wildman–Crippen MR) is 77.1 cm³/mol. The number of ether oxygens (including phenoxy) is 2. The third-order valence-corrected chi connectivity index (χ3v) is 3.59. The molecule has 1 aromatic heterocycles. The van der Waals surface area contributed by atoms with Crippen molar-refractivity contribution >= 4 is 0 Å². The summed E-state index contributed by atoms with van der Waals surface area (Å²) in [6, 6.07) is 7.75. The highest BCUT2D eigenvalue weighted by Gasteiger charge is 2.29. The monoisotopic (exact) mass is 289 g/mol. The van der Waals surface area contributed by atoms with E-state index in [2.05, 4.69) is 15.5 Å². The molecule has 3 rings (SSSR count). The lowest BCUT2D eigenvalue weighted by Gasteiger charge is -2.06. The highest BCUT2D eigenvalue weighted by Crippen LogP contribution is 2.30. The van der Waals surface area contributed by atoms with Gasteiger partial charge in [-0.25, -0.2) is 0 Å². The van der Waals surface area contributed by atoms with Crippen LogP contribution in [0.5, 0.6) is 5.75 Å². The van der Waals surface area contributed by atoms with Crippen molar-refractivity contribution in [1.82, 2.24) is 15.5 Å². The van der Waals surface area contributed by atoms with Crippen molar-refractivity contribution < 1.29 is 14.0 Å². The van der Waals surface area contributed by atoms with E-state index in [1.165, 1.54) is 0 Å². The summed E-state index contributed by atoms with van der Waals surface area (Å²) in [4.78, 5) is 4.50. The lowest BCUT2D eigenvalue weighted by molar-refractivity contribution is 0.116. The average Bonchev–Trinajstić information content (AvgIpc) is 3.17. The van der Waals surface area contributed by atoms with E-state index in [-0.39, 0.29) is 12.1 Å². The van der Waals surface area contributed by atoms with Crippen LogP contribution in [0.3, 0.4) is 0 Å². The lowest BCUT2D eigenvalue weighted by Crippen LogP contribution is -2.16. The zero-order valence-electron chi connectivity index (χ0n) is 12.2. The van der Waals surface area contributed by atoms with Crippen molar-refractivity contribution in [1.29, 1.82) is 0 Å². The summed E-state index contributed by atoms with van der Waals surface area (Å²) in [7, 11) is 1.71. The van der Waals surface area contributed by atoms with E-state index in [0.717, 1.165) is 24.3 Å². The van der Waals surface area contributed by atoms with Crippen LogP contribution in [-0.2, 0) is 4.74 Å². The van der Waals surface area contributed by atoms with Gasteiger partial charge in [0.1, 0.15) is 5.75 Å². The van der Waals surface area contributed by atoms with Gasteiger partial charge >= 0.3 is 0 Å². The fourth-order valence-electron chi connectivity index (χ4n) is 2.49. The van der Waals surface area contributed by atoms with E-state index < -0.39 is 0 Å². The number of benzene rings is 1. The van der Waals surface area contributed by atoms with Gasteiger partial charge in [0, 0.05) is 13.7 Å². The Bertz CT molecular complexity index is 599. The number of rotatable bonds is 5. The molecular weight excluding hydrogens is 270 g/mol. The zero-order valence-corrected chi connectivity index (χ0v) is 12.2. The van der Waals surface area contributed by atoms with Crippen molar-refractivity contribution in [3.63, 3.8) is 0 Å². The summed E-state index contributed by atoms with van der Waals surface area (Å²) >= 11 is 0. The molecule has 0 saturated carbocycles. The molecule has 2 aromatic rings. The second-order valence-corrected chi connectivity index (χ2v) is 4.94. The number of methoxy groups -OCH3 is 1. The van der Waals surface area contributed by atoms with Crippen LogP contribution in [0.1, 0.15) is 25.3 Å². The molecule has 1 fully saturated rings. The van der Waals surface area contributed by atoms with E-state index in [1.54, 1.807) is 7.11 Å². The molecule has 6 nitrogen and oxygen atoms in total. The van der Waals surface area contributed by atoms with Gasteiger partial charge < -0.3 is 19.3 Å². The minimum absolute atomic E-state index is 0.0513. The molecule has 2 atom stereocenters. The van der Waals surface area contributed by atoms with E-state index in [0.29, 0.717) is 18.3 Å². The van der Waals surface area contributed by atoms with E-state index >= 15 is 0 Å².